The van der Waals surface area contributed by atoms with E-state index in [4.69, 9.17) is 4.74 Å². The molecule has 100 valence electrons. The van der Waals surface area contributed by atoms with Gasteiger partial charge < -0.3 is 9.64 Å². The molecule has 0 aliphatic carbocycles. The molecule has 0 aliphatic rings. The summed E-state index contributed by atoms with van der Waals surface area (Å²) >= 11 is 0. The largest absolute Gasteiger partial charge is 0.493 e. The van der Waals surface area contributed by atoms with Crippen LogP contribution in [-0.4, -0.2) is 45.4 Å². The molecule has 0 radical (unpaired) electrons. The molecule has 1 aromatic carbocycles. The highest BCUT2D eigenvalue weighted by Crippen LogP contribution is 2.23. The molecule has 0 unspecified atom stereocenters. The molecule has 0 atom stereocenters. The van der Waals surface area contributed by atoms with Crippen molar-refractivity contribution in [1.29, 1.82) is 0 Å². The number of aliphatic imine (C=N–C) groups is 1. The van der Waals surface area contributed by atoms with Gasteiger partial charge in [-0.1, -0.05) is 0 Å². The lowest BCUT2D eigenvalue weighted by Gasteiger charge is -2.07. The van der Waals surface area contributed by atoms with E-state index < -0.39 is 11.6 Å². The number of benzene rings is 1. The van der Waals surface area contributed by atoms with Gasteiger partial charge in [0.25, 0.3) is 0 Å². The number of ether oxygens (including phenoxy) is 1. The number of nitrogens with zero attached hydrogens (tertiary/aromatic N) is 2. The monoisotopic (exact) mass is 256 g/mol. The minimum atomic E-state index is -0.977. The summed E-state index contributed by atoms with van der Waals surface area (Å²) in [5, 5.41) is 0. The first-order valence-corrected chi connectivity index (χ1v) is 5.72. The topological polar surface area (TPSA) is 24.8 Å². The predicted octanol–water partition coefficient (Wildman–Crippen LogP) is 2.34. The molecule has 0 saturated carbocycles. The Bertz CT molecular complexity index is 420. The van der Waals surface area contributed by atoms with Crippen molar-refractivity contribution in [3.63, 3.8) is 0 Å². The highest BCUT2D eigenvalue weighted by Gasteiger charge is 2.12. The average Bonchev–Trinajstić information content (AvgIpc) is 2.33. The molecule has 5 heteroatoms. The minimum Gasteiger partial charge on any atom is -0.493 e. The first-order valence-electron chi connectivity index (χ1n) is 5.72. The normalized spacial score (nSPS) is 11.4. The zero-order valence-corrected chi connectivity index (χ0v) is 10.9. The molecule has 0 amide bonds. The van der Waals surface area contributed by atoms with Crippen molar-refractivity contribution in [3.05, 3.63) is 29.3 Å². The summed E-state index contributed by atoms with van der Waals surface area (Å²) in [5.41, 5.74) is 0.446. The second kappa shape index (κ2) is 7.06. The van der Waals surface area contributed by atoms with Gasteiger partial charge in [0.15, 0.2) is 11.6 Å². The van der Waals surface area contributed by atoms with Crippen molar-refractivity contribution in [2.24, 2.45) is 4.99 Å². The Hall–Kier alpha value is -1.49. The highest BCUT2D eigenvalue weighted by atomic mass is 19.2. The predicted molar refractivity (Wildman–Crippen MR) is 68.5 cm³/mol. The molecular formula is C13H18F2N2O. The maximum absolute atomic E-state index is 13.4. The van der Waals surface area contributed by atoms with Crippen LogP contribution in [0.25, 0.3) is 0 Å². The van der Waals surface area contributed by atoms with Gasteiger partial charge in [0.05, 0.1) is 7.11 Å². The van der Waals surface area contributed by atoms with Crippen molar-refractivity contribution < 1.29 is 13.5 Å². The van der Waals surface area contributed by atoms with Crippen LogP contribution in [0.5, 0.6) is 5.75 Å². The van der Waals surface area contributed by atoms with Crippen LogP contribution >= 0.6 is 0 Å². The molecule has 0 spiro atoms. The smallest absolute Gasteiger partial charge is 0.201 e. The number of methoxy groups -OCH3 is 1. The van der Waals surface area contributed by atoms with Crippen molar-refractivity contribution >= 4 is 6.21 Å². The summed E-state index contributed by atoms with van der Waals surface area (Å²) < 4.78 is 31.2. The van der Waals surface area contributed by atoms with Gasteiger partial charge in [-0.05, 0) is 39.2 Å². The fraction of sp³-hybridized carbons (Fsp3) is 0.462. The maximum atomic E-state index is 13.4. The van der Waals surface area contributed by atoms with Crippen LogP contribution in [-0.2, 0) is 0 Å². The SMILES string of the molecule is COc1c(C=NCCCN(C)C)ccc(F)c1F. The van der Waals surface area contributed by atoms with Gasteiger partial charge in [-0.2, -0.15) is 4.39 Å². The first-order chi connectivity index (χ1) is 8.56. The summed E-state index contributed by atoms with van der Waals surface area (Å²) in [5.74, 6) is -2.00. The Kier molecular flexibility index (Phi) is 5.71. The molecule has 0 heterocycles. The zero-order valence-electron chi connectivity index (χ0n) is 10.9. The van der Waals surface area contributed by atoms with E-state index in [2.05, 4.69) is 9.89 Å². The van der Waals surface area contributed by atoms with Crippen LogP contribution in [0.3, 0.4) is 0 Å². The van der Waals surface area contributed by atoms with Crippen LogP contribution in [0.4, 0.5) is 8.78 Å². The Morgan fingerprint density at radius 2 is 2.06 bits per heavy atom. The van der Waals surface area contributed by atoms with Gasteiger partial charge in [-0.25, -0.2) is 4.39 Å². The Labute approximate surface area is 106 Å². The molecular weight excluding hydrogens is 238 g/mol. The van der Waals surface area contributed by atoms with Crippen LogP contribution < -0.4 is 4.74 Å². The van der Waals surface area contributed by atoms with Gasteiger partial charge in [0.2, 0.25) is 5.82 Å². The molecule has 18 heavy (non-hydrogen) atoms. The van der Waals surface area contributed by atoms with E-state index >= 15 is 0 Å². The number of hydrogen-bond donors (Lipinski definition) is 0. The summed E-state index contributed by atoms with van der Waals surface area (Å²) in [6, 6.07) is 2.52. The molecule has 1 rings (SSSR count). The summed E-state index contributed by atoms with van der Waals surface area (Å²) in [4.78, 5) is 6.24. The molecule has 0 N–H and O–H groups in total. The van der Waals surface area contributed by atoms with Crippen molar-refractivity contribution in [1.82, 2.24) is 4.90 Å². The standard InChI is InChI=1S/C13H18F2N2O/c1-17(2)8-4-7-16-9-10-5-6-11(14)12(15)13(10)18-3/h5-6,9H,4,7-8H2,1-3H3. The summed E-state index contributed by atoms with van der Waals surface area (Å²) in [6.45, 7) is 1.58. The van der Waals surface area contributed by atoms with Gasteiger partial charge in [-0.15, -0.1) is 0 Å². The van der Waals surface area contributed by atoms with E-state index in [1.165, 1.54) is 19.4 Å². The van der Waals surface area contributed by atoms with Crippen LogP contribution in [0.2, 0.25) is 0 Å². The third kappa shape index (κ3) is 4.07. The number of halogens is 2. The van der Waals surface area contributed by atoms with Gasteiger partial charge in [0, 0.05) is 18.3 Å². The van der Waals surface area contributed by atoms with Crippen LogP contribution in [0, 0.1) is 11.6 Å². The molecule has 0 saturated heterocycles. The number of rotatable bonds is 6. The Morgan fingerprint density at radius 3 is 2.67 bits per heavy atom. The Balaban J connectivity index is 2.67. The van der Waals surface area contributed by atoms with Crippen molar-refractivity contribution in [2.45, 2.75) is 6.42 Å². The number of hydrogen-bond acceptors (Lipinski definition) is 3. The molecule has 1 aromatic rings. The molecule has 0 aliphatic heterocycles. The van der Waals surface area contributed by atoms with Crippen molar-refractivity contribution in [2.75, 3.05) is 34.3 Å². The van der Waals surface area contributed by atoms with E-state index in [0.29, 0.717) is 12.1 Å². The molecule has 0 bridgehead atoms. The van der Waals surface area contributed by atoms with E-state index in [9.17, 15) is 8.78 Å². The van der Waals surface area contributed by atoms with E-state index in [1.807, 2.05) is 14.1 Å². The van der Waals surface area contributed by atoms with Gasteiger partial charge >= 0.3 is 0 Å². The quantitative estimate of drug-likeness (QED) is 0.576. The summed E-state index contributed by atoms with van der Waals surface area (Å²) in [6.07, 6.45) is 2.42. The van der Waals surface area contributed by atoms with E-state index in [1.54, 1.807) is 0 Å². The second-order valence-electron chi connectivity index (χ2n) is 4.18. The lowest BCUT2D eigenvalue weighted by atomic mass is 10.2. The Morgan fingerprint density at radius 1 is 1.33 bits per heavy atom. The first kappa shape index (κ1) is 14.6. The zero-order chi connectivity index (χ0) is 13.5. The fourth-order valence-electron chi connectivity index (χ4n) is 1.50. The average molecular weight is 256 g/mol. The molecule has 0 aromatic heterocycles. The van der Waals surface area contributed by atoms with E-state index in [-0.39, 0.29) is 5.75 Å². The summed E-state index contributed by atoms with van der Waals surface area (Å²) in [7, 11) is 5.28. The van der Waals surface area contributed by atoms with Gasteiger partial charge in [-0.3, -0.25) is 4.99 Å². The second-order valence-corrected chi connectivity index (χ2v) is 4.18. The maximum Gasteiger partial charge on any atom is 0.201 e. The lowest BCUT2D eigenvalue weighted by molar-refractivity contribution is 0.371. The molecule has 0 fully saturated rings. The van der Waals surface area contributed by atoms with E-state index in [0.717, 1.165) is 19.0 Å². The third-order valence-corrected chi connectivity index (χ3v) is 2.41. The minimum absolute atomic E-state index is 0.105. The lowest BCUT2D eigenvalue weighted by Crippen LogP contribution is -2.13. The van der Waals surface area contributed by atoms with Crippen LogP contribution in [0.1, 0.15) is 12.0 Å². The highest BCUT2D eigenvalue weighted by molar-refractivity contribution is 5.83. The molecule has 3 nitrogen and oxygen atoms in total. The van der Waals surface area contributed by atoms with Crippen LogP contribution in [0.15, 0.2) is 17.1 Å². The fourth-order valence-corrected chi connectivity index (χ4v) is 1.50. The van der Waals surface area contributed by atoms with Gasteiger partial charge in [0.1, 0.15) is 0 Å². The third-order valence-electron chi connectivity index (χ3n) is 2.41. The van der Waals surface area contributed by atoms with Crippen molar-refractivity contribution in [3.8, 4) is 5.75 Å².